The third-order valence-electron chi connectivity index (χ3n) is 2.32. The van der Waals surface area contributed by atoms with E-state index in [1.54, 1.807) is 12.1 Å². The largest absolute Gasteiger partial charge is 0.355 e. The molecular weight excluding hydrogens is 299 g/mol. The van der Waals surface area contributed by atoms with Crippen molar-refractivity contribution in [3.8, 4) is 0 Å². The Morgan fingerprint density at radius 1 is 1.44 bits per heavy atom. The molecule has 0 saturated carbocycles. The van der Waals surface area contributed by atoms with Crippen molar-refractivity contribution in [2.75, 3.05) is 13.1 Å². The van der Waals surface area contributed by atoms with Crippen LogP contribution >= 0.6 is 15.9 Å². The van der Waals surface area contributed by atoms with Gasteiger partial charge in [-0.25, -0.2) is 4.39 Å². The van der Waals surface area contributed by atoms with Gasteiger partial charge in [-0.15, -0.1) is 0 Å². The van der Waals surface area contributed by atoms with E-state index in [2.05, 4.69) is 26.6 Å². The van der Waals surface area contributed by atoms with Gasteiger partial charge >= 0.3 is 0 Å². The van der Waals surface area contributed by atoms with E-state index in [0.717, 1.165) is 4.47 Å². The minimum Gasteiger partial charge on any atom is -0.355 e. The highest BCUT2D eigenvalue weighted by Crippen LogP contribution is 2.15. The molecule has 1 amide bonds. The van der Waals surface area contributed by atoms with E-state index in [9.17, 15) is 9.18 Å². The van der Waals surface area contributed by atoms with Gasteiger partial charge < -0.3 is 10.6 Å². The standard InChI is InChI=1S/C13H18BrFN2O/c1-9(2)6-17-13(18)8-16-7-10-5-11(14)3-4-12(10)15/h3-5,9,16H,6-8H2,1-2H3,(H,17,18). The summed E-state index contributed by atoms with van der Waals surface area (Å²) in [7, 11) is 0. The monoisotopic (exact) mass is 316 g/mol. The highest BCUT2D eigenvalue weighted by molar-refractivity contribution is 9.10. The molecule has 0 aliphatic heterocycles. The van der Waals surface area contributed by atoms with E-state index in [1.807, 2.05) is 13.8 Å². The Labute approximate surface area is 115 Å². The fourth-order valence-electron chi connectivity index (χ4n) is 1.37. The molecule has 5 heteroatoms. The number of benzene rings is 1. The Kier molecular flexibility index (Phi) is 6.29. The minimum atomic E-state index is -0.270. The Bertz CT molecular complexity index is 410. The third kappa shape index (κ3) is 5.60. The summed E-state index contributed by atoms with van der Waals surface area (Å²) < 4.78 is 14.2. The number of amides is 1. The van der Waals surface area contributed by atoms with Crippen LogP contribution in [0.4, 0.5) is 4.39 Å². The van der Waals surface area contributed by atoms with Gasteiger partial charge in [-0.3, -0.25) is 4.79 Å². The molecule has 0 spiro atoms. The summed E-state index contributed by atoms with van der Waals surface area (Å²) in [6.07, 6.45) is 0. The number of halogens is 2. The van der Waals surface area contributed by atoms with Gasteiger partial charge in [0.2, 0.25) is 5.91 Å². The van der Waals surface area contributed by atoms with Crippen LogP contribution in [-0.2, 0) is 11.3 Å². The van der Waals surface area contributed by atoms with Crippen molar-refractivity contribution in [3.63, 3.8) is 0 Å². The van der Waals surface area contributed by atoms with E-state index in [0.29, 0.717) is 24.6 Å². The van der Waals surface area contributed by atoms with Crippen LogP contribution in [0.25, 0.3) is 0 Å². The molecule has 3 nitrogen and oxygen atoms in total. The maximum absolute atomic E-state index is 13.4. The lowest BCUT2D eigenvalue weighted by Crippen LogP contribution is -2.35. The average molecular weight is 317 g/mol. The molecular formula is C13H18BrFN2O. The van der Waals surface area contributed by atoms with Gasteiger partial charge in [-0.05, 0) is 24.1 Å². The maximum atomic E-state index is 13.4. The summed E-state index contributed by atoms with van der Waals surface area (Å²) in [6.45, 7) is 5.25. The minimum absolute atomic E-state index is 0.0703. The molecule has 0 aromatic heterocycles. The molecule has 1 rings (SSSR count). The number of rotatable bonds is 6. The lowest BCUT2D eigenvalue weighted by Gasteiger charge is -2.09. The highest BCUT2D eigenvalue weighted by atomic mass is 79.9. The predicted octanol–water partition coefficient (Wildman–Crippen LogP) is 2.45. The lowest BCUT2D eigenvalue weighted by atomic mass is 10.2. The van der Waals surface area contributed by atoms with E-state index in [-0.39, 0.29) is 18.3 Å². The van der Waals surface area contributed by atoms with Crippen LogP contribution < -0.4 is 10.6 Å². The number of nitrogens with one attached hydrogen (secondary N) is 2. The fraction of sp³-hybridized carbons (Fsp3) is 0.462. The first-order valence-corrected chi connectivity index (χ1v) is 6.69. The smallest absolute Gasteiger partial charge is 0.233 e. The zero-order valence-corrected chi connectivity index (χ0v) is 12.2. The highest BCUT2D eigenvalue weighted by Gasteiger charge is 2.05. The molecule has 1 aromatic carbocycles. The van der Waals surface area contributed by atoms with Crippen LogP contribution in [0.1, 0.15) is 19.4 Å². The van der Waals surface area contributed by atoms with Crippen molar-refractivity contribution in [2.45, 2.75) is 20.4 Å². The average Bonchev–Trinajstić information content (AvgIpc) is 2.31. The Morgan fingerprint density at radius 3 is 2.83 bits per heavy atom. The van der Waals surface area contributed by atoms with Crippen molar-refractivity contribution in [2.24, 2.45) is 5.92 Å². The van der Waals surface area contributed by atoms with Crippen molar-refractivity contribution in [1.29, 1.82) is 0 Å². The Balaban J connectivity index is 2.33. The lowest BCUT2D eigenvalue weighted by molar-refractivity contribution is -0.120. The number of carbonyl (C=O) groups excluding carboxylic acids is 1. The first-order valence-electron chi connectivity index (χ1n) is 5.90. The molecule has 0 fully saturated rings. The van der Waals surface area contributed by atoms with Gasteiger partial charge in [0.25, 0.3) is 0 Å². The maximum Gasteiger partial charge on any atom is 0.233 e. The summed E-state index contributed by atoms with van der Waals surface area (Å²) in [4.78, 5) is 11.4. The summed E-state index contributed by atoms with van der Waals surface area (Å²) in [6, 6.07) is 4.75. The van der Waals surface area contributed by atoms with E-state index in [1.165, 1.54) is 6.07 Å². The molecule has 100 valence electrons. The van der Waals surface area contributed by atoms with E-state index < -0.39 is 0 Å². The number of hydrogen-bond donors (Lipinski definition) is 2. The van der Waals surface area contributed by atoms with Gasteiger partial charge in [-0.1, -0.05) is 29.8 Å². The summed E-state index contributed by atoms with van der Waals surface area (Å²) in [5.41, 5.74) is 0.543. The van der Waals surface area contributed by atoms with Gasteiger partial charge in [0, 0.05) is 23.1 Å². The molecule has 1 aromatic rings. The molecule has 0 atom stereocenters. The first-order chi connectivity index (χ1) is 8.49. The van der Waals surface area contributed by atoms with Crippen LogP contribution in [0.3, 0.4) is 0 Å². The van der Waals surface area contributed by atoms with Crippen LogP contribution in [-0.4, -0.2) is 19.0 Å². The van der Waals surface area contributed by atoms with Crippen molar-refractivity contribution in [1.82, 2.24) is 10.6 Å². The molecule has 0 aliphatic rings. The van der Waals surface area contributed by atoms with Gasteiger partial charge in [0.15, 0.2) is 0 Å². The Hall–Kier alpha value is -0.940. The topological polar surface area (TPSA) is 41.1 Å². The second-order valence-electron chi connectivity index (χ2n) is 4.54. The van der Waals surface area contributed by atoms with Gasteiger partial charge in [-0.2, -0.15) is 0 Å². The number of carbonyl (C=O) groups is 1. The summed E-state index contributed by atoms with van der Waals surface area (Å²) >= 11 is 3.28. The molecule has 18 heavy (non-hydrogen) atoms. The van der Waals surface area contributed by atoms with Crippen LogP contribution in [0.5, 0.6) is 0 Å². The van der Waals surface area contributed by atoms with Gasteiger partial charge in [0.1, 0.15) is 5.82 Å². The van der Waals surface area contributed by atoms with Crippen molar-refractivity contribution < 1.29 is 9.18 Å². The molecule has 0 unspecified atom stereocenters. The SMILES string of the molecule is CC(C)CNC(=O)CNCc1cc(Br)ccc1F. The predicted molar refractivity (Wildman–Crippen MR) is 73.7 cm³/mol. The summed E-state index contributed by atoms with van der Waals surface area (Å²) in [5, 5.41) is 5.71. The summed E-state index contributed by atoms with van der Waals surface area (Å²) in [5.74, 6) is 0.0869. The van der Waals surface area contributed by atoms with Crippen LogP contribution in [0.15, 0.2) is 22.7 Å². The fourth-order valence-corrected chi connectivity index (χ4v) is 1.78. The molecule has 0 aliphatic carbocycles. The van der Waals surface area contributed by atoms with Crippen LogP contribution in [0.2, 0.25) is 0 Å². The molecule has 0 saturated heterocycles. The second kappa shape index (κ2) is 7.48. The van der Waals surface area contributed by atoms with E-state index >= 15 is 0 Å². The van der Waals surface area contributed by atoms with E-state index in [4.69, 9.17) is 0 Å². The first kappa shape index (κ1) is 15.1. The zero-order chi connectivity index (χ0) is 13.5. The third-order valence-corrected chi connectivity index (χ3v) is 2.81. The molecule has 0 heterocycles. The normalized spacial score (nSPS) is 10.7. The number of hydrogen-bond acceptors (Lipinski definition) is 2. The molecule has 0 radical (unpaired) electrons. The second-order valence-corrected chi connectivity index (χ2v) is 5.45. The quantitative estimate of drug-likeness (QED) is 0.846. The molecule has 0 bridgehead atoms. The van der Waals surface area contributed by atoms with Crippen molar-refractivity contribution >= 4 is 21.8 Å². The molecule has 2 N–H and O–H groups in total. The van der Waals surface area contributed by atoms with Gasteiger partial charge in [0.05, 0.1) is 6.54 Å². The van der Waals surface area contributed by atoms with Crippen molar-refractivity contribution in [3.05, 3.63) is 34.1 Å². The zero-order valence-electron chi connectivity index (χ0n) is 10.6. The Morgan fingerprint density at radius 2 is 2.17 bits per heavy atom. The van der Waals surface area contributed by atoms with Crippen LogP contribution in [0, 0.1) is 11.7 Å².